The lowest BCUT2D eigenvalue weighted by atomic mass is 10.1. The molecule has 0 saturated carbocycles. The number of pyridine rings is 2. The molecule has 2 aromatic heterocycles. The first-order valence-electron chi connectivity index (χ1n) is 8.62. The van der Waals surface area contributed by atoms with Gasteiger partial charge in [0, 0.05) is 18.6 Å². The van der Waals surface area contributed by atoms with Crippen molar-refractivity contribution < 1.29 is 9.59 Å². The van der Waals surface area contributed by atoms with Crippen LogP contribution in [0.1, 0.15) is 44.9 Å². The van der Waals surface area contributed by atoms with E-state index < -0.39 is 0 Å². The minimum Gasteiger partial charge on any atom is -0.346 e. The molecule has 0 bridgehead atoms. The van der Waals surface area contributed by atoms with Gasteiger partial charge in [-0.3, -0.25) is 19.6 Å². The van der Waals surface area contributed by atoms with Crippen LogP contribution in [0.25, 0.3) is 0 Å². The van der Waals surface area contributed by atoms with E-state index in [9.17, 15) is 9.59 Å². The number of carbonyl (C=O) groups excluding carboxylic acids is 2. The lowest BCUT2D eigenvalue weighted by Crippen LogP contribution is -2.28. The van der Waals surface area contributed by atoms with E-state index in [-0.39, 0.29) is 17.9 Å². The monoisotopic (exact) mass is 360 g/mol. The fourth-order valence-corrected chi connectivity index (χ4v) is 2.57. The summed E-state index contributed by atoms with van der Waals surface area (Å²) >= 11 is 0. The van der Waals surface area contributed by atoms with E-state index in [4.69, 9.17) is 0 Å². The van der Waals surface area contributed by atoms with Crippen molar-refractivity contribution in [2.45, 2.75) is 19.5 Å². The summed E-state index contributed by atoms with van der Waals surface area (Å²) in [6, 6.07) is 16.5. The Morgan fingerprint density at radius 2 is 1.67 bits per heavy atom. The van der Waals surface area contributed by atoms with Crippen LogP contribution in [-0.2, 0) is 6.54 Å². The summed E-state index contributed by atoms with van der Waals surface area (Å²) in [4.78, 5) is 33.0. The van der Waals surface area contributed by atoms with Gasteiger partial charge >= 0.3 is 0 Å². The SMILES string of the molecule is CC(NC(=O)c1cncc(C(=O)NCc2ccccn2)c1)c1ccccc1. The Labute approximate surface area is 157 Å². The summed E-state index contributed by atoms with van der Waals surface area (Å²) in [5.74, 6) is -0.586. The second kappa shape index (κ2) is 8.71. The fourth-order valence-electron chi connectivity index (χ4n) is 2.57. The van der Waals surface area contributed by atoms with Crippen molar-refractivity contribution in [1.29, 1.82) is 0 Å². The average molecular weight is 360 g/mol. The topological polar surface area (TPSA) is 84.0 Å². The Kier molecular flexibility index (Phi) is 5.89. The van der Waals surface area contributed by atoms with Crippen molar-refractivity contribution in [2.24, 2.45) is 0 Å². The molecule has 1 atom stereocenters. The highest BCUT2D eigenvalue weighted by molar-refractivity contribution is 5.99. The predicted molar refractivity (Wildman–Crippen MR) is 102 cm³/mol. The predicted octanol–water partition coefficient (Wildman–Crippen LogP) is 2.90. The van der Waals surface area contributed by atoms with Gasteiger partial charge in [-0.15, -0.1) is 0 Å². The number of nitrogens with zero attached hydrogens (tertiary/aromatic N) is 2. The molecule has 3 rings (SSSR count). The summed E-state index contributed by atoms with van der Waals surface area (Å²) < 4.78 is 0. The van der Waals surface area contributed by atoms with Crippen LogP contribution in [-0.4, -0.2) is 21.8 Å². The van der Waals surface area contributed by atoms with Gasteiger partial charge in [-0.25, -0.2) is 0 Å². The Morgan fingerprint density at radius 1 is 0.963 bits per heavy atom. The molecule has 0 spiro atoms. The second-order valence-corrected chi connectivity index (χ2v) is 6.07. The molecule has 0 fully saturated rings. The highest BCUT2D eigenvalue weighted by atomic mass is 16.2. The van der Waals surface area contributed by atoms with Crippen LogP contribution >= 0.6 is 0 Å². The molecule has 2 amide bonds. The van der Waals surface area contributed by atoms with E-state index in [2.05, 4.69) is 20.6 Å². The Bertz CT molecular complexity index is 914. The van der Waals surface area contributed by atoms with Gasteiger partial charge in [-0.1, -0.05) is 36.4 Å². The molecule has 0 aliphatic carbocycles. The van der Waals surface area contributed by atoms with Crippen LogP contribution in [0.3, 0.4) is 0 Å². The third kappa shape index (κ3) is 4.98. The summed E-state index contributed by atoms with van der Waals surface area (Å²) in [7, 11) is 0. The first kappa shape index (κ1) is 18.3. The van der Waals surface area contributed by atoms with Gasteiger partial charge in [0.05, 0.1) is 29.4 Å². The third-order valence-electron chi connectivity index (χ3n) is 4.07. The summed E-state index contributed by atoms with van der Waals surface area (Å²) in [6.07, 6.45) is 4.55. The van der Waals surface area contributed by atoms with Crippen molar-refractivity contribution >= 4 is 11.8 Å². The standard InChI is InChI=1S/C21H20N4O2/c1-15(16-7-3-2-4-8-16)25-21(27)18-11-17(12-22-13-18)20(26)24-14-19-9-5-6-10-23-19/h2-13,15H,14H2,1H3,(H,24,26)(H,25,27). The van der Waals surface area contributed by atoms with E-state index in [1.807, 2.05) is 55.5 Å². The number of benzene rings is 1. The molecule has 2 heterocycles. The fraction of sp³-hybridized carbons (Fsp3) is 0.143. The van der Waals surface area contributed by atoms with E-state index in [0.29, 0.717) is 17.7 Å². The zero-order valence-electron chi connectivity index (χ0n) is 14.9. The quantitative estimate of drug-likeness (QED) is 0.708. The van der Waals surface area contributed by atoms with Crippen LogP contribution in [0.2, 0.25) is 0 Å². The number of aromatic nitrogens is 2. The molecule has 1 unspecified atom stereocenters. The molecule has 0 radical (unpaired) electrons. The largest absolute Gasteiger partial charge is 0.346 e. The van der Waals surface area contributed by atoms with Gasteiger partial charge in [-0.05, 0) is 30.7 Å². The second-order valence-electron chi connectivity index (χ2n) is 6.07. The van der Waals surface area contributed by atoms with E-state index in [0.717, 1.165) is 11.3 Å². The van der Waals surface area contributed by atoms with Gasteiger partial charge in [0.25, 0.3) is 11.8 Å². The molecule has 27 heavy (non-hydrogen) atoms. The van der Waals surface area contributed by atoms with Crippen LogP contribution in [0.15, 0.2) is 73.2 Å². The smallest absolute Gasteiger partial charge is 0.253 e. The van der Waals surface area contributed by atoms with Crippen molar-refractivity contribution in [3.63, 3.8) is 0 Å². The Balaban J connectivity index is 1.64. The molecule has 6 heteroatoms. The summed E-state index contributed by atoms with van der Waals surface area (Å²) in [5.41, 5.74) is 2.42. The first-order chi connectivity index (χ1) is 13.1. The third-order valence-corrected chi connectivity index (χ3v) is 4.07. The number of hydrogen-bond donors (Lipinski definition) is 2. The number of nitrogens with one attached hydrogen (secondary N) is 2. The Morgan fingerprint density at radius 3 is 2.37 bits per heavy atom. The molecule has 0 aliphatic rings. The lowest BCUT2D eigenvalue weighted by molar-refractivity contribution is 0.0939. The minimum atomic E-state index is -0.307. The molecule has 3 aromatic rings. The van der Waals surface area contributed by atoms with E-state index in [1.54, 1.807) is 6.20 Å². The zero-order chi connectivity index (χ0) is 19.1. The highest BCUT2D eigenvalue weighted by Crippen LogP contribution is 2.12. The summed E-state index contributed by atoms with van der Waals surface area (Å²) in [5, 5.41) is 5.69. The molecule has 0 aliphatic heterocycles. The van der Waals surface area contributed by atoms with Crippen LogP contribution < -0.4 is 10.6 Å². The Hall–Kier alpha value is -3.54. The van der Waals surface area contributed by atoms with Crippen molar-refractivity contribution in [1.82, 2.24) is 20.6 Å². The normalized spacial score (nSPS) is 11.4. The maximum Gasteiger partial charge on any atom is 0.253 e. The molecular weight excluding hydrogens is 340 g/mol. The molecule has 6 nitrogen and oxygen atoms in total. The van der Waals surface area contributed by atoms with Gasteiger partial charge < -0.3 is 10.6 Å². The van der Waals surface area contributed by atoms with Crippen molar-refractivity contribution in [2.75, 3.05) is 0 Å². The number of carbonyl (C=O) groups is 2. The van der Waals surface area contributed by atoms with Crippen molar-refractivity contribution in [3.05, 3.63) is 95.6 Å². The average Bonchev–Trinajstić information content (AvgIpc) is 2.73. The molecular formula is C21H20N4O2. The van der Waals surface area contributed by atoms with Crippen molar-refractivity contribution in [3.8, 4) is 0 Å². The number of rotatable bonds is 6. The van der Waals surface area contributed by atoms with Crippen LogP contribution in [0.4, 0.5) is 0 Å². The number of amides is 2. The molecule has 2 N–H and O–H groups in total. The lowest BCUT2D eigenvalue weighted by Gasteiger charge is -2.14. The van der Waals surface area contributed by atoms with Gasteiger partial charge in [0.2, 0.25) is 0 Å². The van der Waals surface area contributed by atoms with Gasteiger partial charge in [0.1, 0.15) is 0 Å². The summed E-state index contributed by atoms with van der Waals surface area (Å²) in [6.45, 7) is 2.21. The highest BCUT2D eigenvalue weighted by Gasteiger charge is 2.14. The first-order valence-corrected chi connectivity index (χ1v) is 8.62. The minimum absolute atomic E-state index is 0.152. The zero-order valence-corrected chi connectivity index (χ0v) is 14.9. The van der Waals surface area contributed by atoms with E-state index >= 15 is 0 Å². The van der Waals surface area contributed by atoms with Crippen LogP contribution in [0.5, 0.6) is 0 Å². The number of hydrogen-bond acceptors (Lipinski definition) is 4. The van der Waals surface area contributed by atoms with Crippen LogP contribution in [0, 0.1) is 0 Å². The molecule has 0 saturated heterocycles. The molecule has 1 aromatic carbocycles. The van der Waals surface area contributed by atoms with Gasteiger partial charge in [0.15, 0.2) is 0 Å². The van der Waals surface area contributed by atoms with E-state index in [1.165, 1.54) is 18.5 Å². The maximum absolute atomic E-state index is 12.5. The maximum atomic E-state index is 12.5. The molecule has 136 valence electrons. The van der Waals surface area contributed by atoms with Gasteiger partial charge in [-0.2, -0.15) is 0 Å².